The molecule has 1 unspecified atom stereocenters. The summed E-state index contributed by atoms with van der Waals surface area (Å²) in [7, 11) is 3.21. The molecule has 0 aliphatic heterocycles. The Balaban J connectivity index is 1.52. The van der Waals surface area contributed by atoms with Crippen molar-refractivity contribution in [1.29, 1.82) is 0 Å². The van der Waals surface area contributed by atoms with Gasteiger partial charge in [0.15, 0.2) is 11.5 Å². The van der Waals surface area contributed by atoms with Crippen LogP contribution in [0.5, 0.6) is 11.5 Å². The predicted molar refractivity (Wildman–Crippen MR) is 130 cm³/mol. The molecule has 6 nitrogen and oxygen atoms in total. The first-order chi connectivity index (χ1) is 16.6. The first-order valence-electron chi connectivity index (χ1n) is 10.9. The van der Waals surface area contributed by atoms with Gasteiger partial charge in [0.1, 0.15) is 11.5 Å². The van der Waals surface area contributed by atoms with Crippen molar-refractivity contribution in [2.45, 2.75) is 5.92 Å². The van der Waals surface area contributed by atoms with Crippen molar-refractivity contribution in [2.24, 2.45) is 0 Å². The number of ether oxygens (including phenoxy) is 2. The number of hydrogen-bond acceptors (Lipinski definition) is 3. The minimum Gasteiger partial charge on any atom is -0.493 e. The molecule has 2 aromatic heterocycles. The van der Waals surface area contributed by atoms with E-state index in [1.54, 1.807) is 26.4 Å². The summed E-state index contributed by atoms with van der Waals surface area (Å²) in [5.41, 5.74) is 4.00. The Hall–Kier alpha value is -4.26. The molecular weight excluding hydrogens is 433 g/mol. The van der Waals surface area contributed by atoms with Gasteiger partial charge in [0.25, 0.3) is 5.91 Å². The number of nitrogens with one attached hydrogen (secondary N) is 3. The molecule has 0 bridgehead atoms. The summed E-state index contributed by atoms with van der Waals surface area (Å²) in [5, 5.41) is 4.75. The number of amides is 1. The lowest BCUT2D eigenvalue weighted by atomic mass is 9.89. The fourth-order valence-corrected chi connectivity index (χ4v) is 4.47. The summed E-state index contributed by atoms with van der Waals surface area (Å²) in [6, 6.07) is 19.8. The molecule has 0 radical (unpaired) electrons. The van der Waals surface area contributed by atoms with Crippen molar-refractivity contribution in [2.75, 3.05) is 20.8 Å². The molecule has 5 rings (SSSR count). The maximum absolute atomic E-state index is 13.6. The second-order valence-corrected chi connectivity index (χ2v) is 8.05. The van der Waals surface area contributed by atoms with Crippen LogP contribution in [0.2, 0.25) is 0 Å². The van der Waals surface area contributed by atoms with Crippen LogP contribution in [0.15, 0.2) is 72.9 Å². The van der Waals surface area contributed by atoms with Crippen LogP contribution < -0.4 is 14.8 Å². The smallest absolute Gasteiger partial charge is 0.267 e. The maximum atomic E-state index is 13.6. The average Bonchev–Trinajstić information content (AvgIpc) is 3.48. The molecule has 7 heteroatoms. The molecule has 172 valence electrons. The van der Waals surface area contributed by atoms with Crippen LogP contribution in [0, 0.1) is 5.82 Å². The third-order valence-electron chi connectivity index (χ3n) is 6.10. The number of rotatable bonds is 7. The van der Waals surface area contributed by atoms with Crippen LogP contribution in [0.1, 0.15) is 27.5 Å². The van der Waals surface area contributed by atoms with E-state index in [2.05, 4.69) is 21.4 Å². The Labute approximate surface area is 195 Å². The molecule has 0 saturated carbocycles. The van der Waals surface area contributed by atoms with E-state index in [4.69, 9.17) is 9.47 Å². The van der Waals surface area contributed by atoms with E-state index in [0.29, 0.717) is 34.6 Å². The molecule has 0 aliphatic rings. The van der Waals surface area contributed by atoms with Gasteiger partial charge in [-0.15, -0.1) is 0 Å². The molecule has 3 N–H and O–H groups in total. The van der Waals surface area contributed by atoms with Gasteiger partial charge in [-0.1, -0.05) is 30.3 Å². The van der Waals surface area contributed by atoms with Gasteiger partial charge in [0.05, 0.1) is 14.2 Å². The summed E-state index contributed by atoms with van der Waals surface area (Å²) in [4.78, 5) is 19.4. The second kappa shape index (κ2) is 8.94. The van der Waals surface area contributed by atoms with Crippen LogP contribution in [-0.4, -0.2) is 36.6 Å². The minimum atomic E-state index is -0.344. The van der Waals surface area contributed by atoms with Crippen molar-refractivity contribution in [1.82, 2.24) is 15.3 Å². The largest absolute Gasteiger partial charge is 0.493 e. The average molecular weight is 458 g/mol. The zero-order valence-electron chi connectivity index (χ0n) is 18.8. The van der Waals surface area contributed by atoms with Crippen molar-refractivity contribution in [3.8, 4) is 11.5 Å². The standard InChI is InChI=1S/C27H24FN3O3/c1-33-25-9-5-7-19(26(25)34-2)21(20-14-29-23-8-4-3-6-18(20)23)15-30-27(32)24-13-16-12-17(28)10-11-22(16)31-24/h3-14,21,29,31H,15H2,1-2H3,(H,30,32). The number of para-hydroxylation sites is 2. The Morgan fingerprint density at radius 3 is 2.65 bits per heavy atom. The summed E-state index contributed by atoms with van der Waals surface area (Å²) >= 11 is 0. The molecule has 0 spiro atoms. The van der Waals surface area contributed by atoms with Crippen LogP contribution in [0.3, 0.4) is 0 Å². The molecule has 34 heavy (non-hydrogen) atoms. The lowest BCUT2D eigenvalue weighted by Crippen LogP contribution is -2.29. The summed E-state index contributed by atoms with van der Waals surface area (Å²) in [5.74, 6) is 0.405. The summed E-state index contributed by atoms with van der Waals surface area (Å²) < 4.78 is 24.8. The Morgan fingerprint density at radius 1 is 0.971 bits per heavy atom. The molecular formula is C27H24FN3O3. The highest BCUT2D eigenvalue weighted by molar-refractivity contribution is 5.98. The van der Waals surface area contributed by atoms with Gasteiger partial charge in [-0.2, -0.15) is 0 Å². The number of hydrogen-bond donors (Lipinski definition) is 3. The quantitative estimate of drug-likeness (QED) is 0.308. The number of aromatic amines is 2. The fourth-order valence-electron chi connectivity index (χ4n) is 4.47. The molecule has 0 fully saturated rings. The van der Waals surface area contributed by atoms with Crippen molar-refractivity contribution >= 4 is 27.7 Å². The van der Waals surface area contributed by atoms with Crippen LogP contribution in [-0.2, 0) is 0 Å². The third kappa shape index (κ3) is 3.85. The highest BCUT2D eigenvalue weighted by Gasteiger charge is 2.24. The number of carbonyl (C=O) groups excluding carboxylic acids is 1. The molecule has 0 aliphatic carbocycles. The number of H-pyrrole nitrogens is 2. The van der Waals surface area contributed by atoms with Gasteiger partial charge in [-0.3, -0.25) is 4.79 Å². The van der Waals surface area contributed by atoms with Gasteiger partial charge in [-0.05, 0) is 42.0 Å². The summed E-state index contributed by atoms with van der Waals surface area (Å²) in [6.07, 6.45) is 1.96. The van der Waals surface area contributed by atoms with Crippen LogP contribution >= 0.6 is 0 Å². The van der Waals surface area contributed by atoms with E-state index < -0.39 is 0 Å². The first kappa shape index (κ1) is 21.6. The summed E-state index contributed by atoms with van der Waals surface area (Å²) in [6.45, 7) is 0.313. The van der Waals surface area contributed by atoms with Crippen LogP contribution in [0.25, 0.3) is 21.8 Å². The normalized spacial score (nSPS) is 12.1. The zero-order chi connectivity index (χ0) is 23.7. The number of aromatic nitrogens is 2. The third-order valence-corrected chi connectivity index (χ3v) is 6.10. The topological polar surface area (TPSA) is 79.1 Å². The molecule has 1 amide bonds. The lowest BCUT2D eigenvalue weighted by molar-refractivity contribution is 0.0948. The minimum absolute atomic E-state index is 0.216. The fraction of sp³-hybridized carbons (Fsp3) is 0.148. The van der Waals surface area contributed by atoms with E-state index in [1.165, 1.54) is 12.1 Å². The molecule has 0 saturated heterocycles. The van der Waals surface area contributed by atoms with Gasteiger partial charge < -0.3 is 24.8 Å². The van der Waals surface area contributed by atoms with Crippen molar-refractivity contribution < 1.29 is 18.7 Å². The number of halogens is 1. The highest BCUT2D eigenvalue weighted by atomic mass is 19.1. The second-order valence-electron chi connectivity index (χ2n) is 8.05. The zero-order valence-corrected chi connectivity index (χ0v) is 18.8. The van der Waals surface area contributed by atoms with Gasteiger partial charge in [0.2, 0.25) is 0 Å². The molecule has 2 heterocycles. The number of benzene rings is 3. The monoisotopic (exact) mass is 457 g/mol. The maximum Gasteiger partial charge on any atom is 0.267 e. The first-order valence-corrected chi connectivity index (χ1v) is 10.9. The molecule has 5 aromatic rings. The SMILES string of the molecule is COc1cccc(C(CNC(=O)c2cc3cc(F)ccc3[nH]2)c2c[nH]c3ccccc23)c1OC. The molecule has 3 aromatic carbocycles. The van der Waals surface area contributed by atoms with Crippen molar-refractivity contribution in [3.05, 3.63) is 95.6 Å². The molecule has 1 atom stereocenters. The Kier molecular flexibility index (Phi) is 5.67. The number of methoxy groups -OCH3 is 2. The van der Waals surface area contributed by atoms with Crippen LogP contribution in [0.4, 0.5) is 4.39 Å². The lowest BCUT2D eigenvalue weighted by Gasteiger charge is -2.22. The predicted octanol–water partition coefficient (Wildman–Crippen LogP) is 5.37. The van der Waals surface area contributed by atoms with Gasteiger partial charge >= 0.3 is 0 Å². The van der Waals surface area contributed by atoms with E-state index in [0.717, 1.165) is 22.0 Å². The van der Waals surface area contributed by atoms with E-state index in [1.807, 2.05) is 42.6 Å². The van der Waals surface area contributed by atoms with Gasteiger partial charge in [-0.25, -0.2) is 4.39 Å². The van der Waals surface area contributed by atoms with Gasteiger partial charge in [0, 0.05) is 46.0 Å². The van der Waals surface area contributed by atoms with E-state index in [9.17, 15) is 9.18 Å². The highest BCUT2D eigenvalue weighted by Crippen LogP contribution is 2.40. The van der Waals surface area contributed by atoms with Crippen molar-refractivity contribution in [3.63, 3.8) is 0 Å². The number of fused-ring (bicyclic) bond motifs is 2. The Bertz CT molecular complexity index is 1490. The van der Waals surface area contributed by atoms with E-state index >= 15 is 0 Å². The van der Waals surface area contributed by atoms with E-state index in [-0.39, 0.29) is 17.6 Å². The number of carbonyl (C=O) groups is 1. The Morgan fingerprint density at radius 2 is 1.82 bits per heavy atom.